The highest BCUT2D eigenvalue weighted by molar-refractivity contribution is 5.98. The molecule has 0 spiro atoms. The van der Waals surface area contributed by atoms with Gasteiger partial charge in [0.05, 0.1) is 19.2 Å². The molecular weight excluding hydrogens is 403 g/mol. The van der Waals surface area contributed by atoms with Crippen LogP contribution in [0.2, 0.25) is 0 Å². The van der Waals surface area contributed by atoms with E-state index in [1.54, 1.807) is 22.9 Å². The summed E-state index contributed by atoms with van der Waals surface area (Å²) in [7, 11) is 3.04. The first kappa shape index (κ1) is 21.5. The minimum atomic E-state index is -4.40. The number of halogens is 3. The van der Waals surface area contributed by atoms with E-state index < -0.39 is 17.6 Å². The van der Waals surface area contributed by atoms with Gasteiger partial charge >= 0.3 is 6.18 Å². The molecule has 0 saturated carbocycles. The van der Waals surface area contributed by atoms with Crippen molar-refractivity contribution in [2.24, 2.45) is 7.05 Å². The van der Waals surface area contributed by atoms with Crippen molar-refractivity contribution in [3.8, 4) is 5.88 Å². The van der Waals surface area contributed by atoms with Crippen LogP contribution in [-0.2, 0) is 18.0 Å². The molecule has 3 rings (SSSR count). The standard InChI is InChI=1S/C19H22F3N5O3/c1-25-12-15(18(24-25)30-2)17(29)23-11-16(28)27-8-6-26(7-9-27)14-5-3-4-13(10-14)19(20,21)22/h3-5,10,12H,6-9,11H2,1-2H3,(H,23,29). The second-order valence-electron chi connectivity index (χ2n) is 6.82. The molecule has 2 amide bonds. The van der Waals surface area contributed by atoms with Gasteiger partial charge in [0.15, 0.2) is 0 Å². The number of anilines is 1. The Balaban J connectivity index is 1.52. The number of benzene rings is 1. The molecule has 11 heteroatoms. The van der Waals surface area contributed by atoms with Gasteiger partial charge in [-0.05, 0) is 18.2 Å². The zero-order valence-electron chi connectivity index (χ0n) is 16.6. The summed E-state index contributed by atoms with van der Waals surface area (Å²) in [5.41, 5.74) is -0.0110. The number of nitrogens with zero attached hydrogens (tertiary/aromatic N) is 4. The second-order valence-corrected chi connectivity index (χ2v) is 6.82. The maximum absolute atomic E-state index is 12.9. The van der Waals surface area contributed by atoms with Crippen molar-refractivity contribution in [1.82, 2.24) is 20.0 Å². The van der Waals surface area contributed by atoms with Crippen LogP contribution in [-0.4, -0.2) is 66.3 Å². The zero-order valence-corrected chi connectivity index (χ0v) is 16.6. The molecule has 30 heavy (non-hydrogen) atoms. The third-order valence-electron chi connectivity index (χ3n) is 4.80. The highest BCUT2D eigenvalue weighted by Crippen LogP contribution is 2.31. The number of carbonyl (C=O) groups is 2. The number of hydrogen-bond acceptors (Lipinski definition) is 5. The van der Waals surface area contributed by atoms with Crippen molar-refractivity contribution in [2.45, 2.75) is 6.18 Å². The molecule has 0 unspecified atom stereocenters. The van der Waals surface area contributed by atoms with Crippen LogP contribution in [0.5, 0.6) is 5.88 Å². The summed E-state index contributed by atoms with van der Waals surface area (Å²) in [4.78, 5) is 28.1. The summed E-state index contributed by atoms with van der Waals surface area (Å²) in [5, 5.41) is 6.54. The molecular formula is C19H22F3N5O3. The van der Waals surface area contributed by atoms with Crippen LogP contribution in [0.1, 0.15) is 15.9 Å². The molecule has 1 fully saturated rings. The Morgan fingerprint density at radius 3 is 2.53 bits per heavy atom. The molecule has 8 nitrogen and oxygen atoms in total. The van der Waals surface area contributed by atoms with Crippen LogP contribution < -0.4 is 15.0 Å². The molecule has 2 heterocycles. The molecule has 2 aromatic rings. The lowest BCUT2D eigenvalue weighted by Crippen LogP contribution is -2.51. The van der Waals surface area contributed by atoms with Gasteiger partial charge in [0, 0.05) is 45.1 Å². The Kier molecular flexibility index (Phi) is 6.18. The monoisotopic (exact) mass is 425 g/mol. The van der Waals surface area contributed by atoms with Gasteiger partial charge < -0.3 is 19.9 Å². The van der Waals surface area contributed by atoms with E-state index in [4.69, 9.17) is 4.74 Å². The lowest BCUT2D eigenvalue weighted by Gasteiger charge is -2.36. The van der Waals surface area contributed by atoms with Crippen molar-refractivity contribution in [3.05, 3.63) is 41.6 Å². The van der Waals surface area contributed by atoms with Crippen LogP contribution in [0.3, 0.4) is 0 Å². The summed E-state index contributed by atoms with van der Waals surface area (Å²) in [6.45, 7) is 1.30. The molecule has 0 bridgehead atoms. The van der Waals surface area contributed by atoms with Gasteiger partial charge in [-0.1, -0.05) is 6.07 Å². The Bertz CT molecular complexity index is 920. The predicted molar refractivity (Wildman–Crippen MR) is 102 cm³/mol. The van der Waals surface area contributed by atoms with Gasteiger partial charge in [-0.2, -0.15) is 13.2 Å². The number of piperazine rings is 1. The summed E-state index contributed by atoms with van der Waals surface area (Å²) >= 11 is 0. The van der Waals surface area contributed by atoms with E-state index >= 15 is 0 Å². The number of ether oxygens (including phenoxy) is 1. The summed E-state index contributed by atoms with van der Waals surface area (Å²) in [6, 6.07) is 5.13. The number of nitrogens with one attached hydrogen (secondary N) is 1. The Morgan fingerprint density at radius 2 is 1.90 bits per heavy atom. The lowest BCUT2D eigenvalue weighted by molar-refractivity contribution is -0.137. The Labute approximate surface area is 171 Å². The molecule has 0 aliphatic carbocycles. The van der Waals surface area contributed by atoms with Crippen molar-refractivity contribution in [2.75, 3.05) is 44.7 Å². The maximum Gasteiger partial charge on any atom is 0.416 e. The number of aryl methyl sites for hydroxylation is 1. The number of carbonyl (C=O) groups excluding carboxylic acids is 2. The fourth-order valence-electron chi connectivity index (χ4n) is 3.23. The van der Waals surface area contributed by atoms with Gasteiger partial charge in [0.1, 0.15) is 5.56 Å². The smallest absolute Gasteiger partial charge is 0.416 e. The SMILES string of the molecule is COc1nn(C)cc1C(=O)NCC(=O)N1CCN(c2cccc(C(F)(F)F)c2)CC1. The molecule has 1 saturated heterocycles. The van der Waals surface area contributed by atoms with Crippen molar-refractivity contribution < 1.29 is 27.5 Å². The molecule has 0 radical (unpaired) electrons. The first-order valence-corrected chi connectivity index (χ1v) is 9.25. The molecule has 1 N–H and O–H groups in total. The number of hydrogen-bond donors (Lipinski definition) is 1. The minimum absolute atomic E-state index is 0.164. The number of alkyl halides is 3. The van der Waals surface area contributed by atoms with Crippen LogP contribution >= 0.6 is 0 Å². The average Bonchev–Trinajstić information content (AvgIpc) is 3.12. The first-order valence-electron chi connectivity index (χ1n) is 9.25. The molecule has 1 aromatic heterocycles. The molecule has 0 atom stereocenters. The van der Waals surface area contributed by atoms with E-state index in [0.29, 0.717) is 31.9 Å². The van der Waals surface area contributed by atoms with Crippen molar-refractivity contribution in [3.63, 3.8) is 0 Å². The normalized spacial score (nSPS) is 14.6. The fraction of sp³-hybridized carbons (Fsp3) is 0.421. The van der Waals surface area contributed by atoms with Gasteiger partial charge in [-0.25, -0.2) is 0 Å². The van der Waals surface area contributed by atoms with E-state index in [-0.39, 0.29) is 23.9 Å². The Morgan fingerprint density at radius 1 is 1.20 bits per heavy atom. The van der Waals surface area contributed by atoms with Gasteiger partial charge in [0.25, 0.3) is 5.91 Å². The number of methoxy groups -OCH3 is 1. The van der Waals surface area contributed by atoms with Crippen LogP contribution in [0.25, 0.3) is 0 Å². The highest BCUT2D eigenvalue weighted by atomic mass is 19.4. The van der Waals surface area contributed by atoms with Crippen LogP contribution in [0, 0.1) is 0 Å². The van der Waals surface area contributed by atoms with E-state index in [2.05, 4.69) is 10.4 Å². The molecule has 1 aliphatic heterocycles. The third kappa shape index (κ3) is 4.84. The van der Waals surface area contributed by atoms with Gasteiger partial charge in [-0.3, -0.25) is 14.3 Å². The maximum atomic E-state index is 12.9. The van der Waals surface area contributed by atoms with Crippen molar-refractivity contribution >= 4 is 17.5 Å². The Hall–Kier alpha value is -3.24. The largest absolute Gasteiger partial charge is 0.479 e. The average molecular weight is 425 g/mol. The predicted octanol–water partition coefficient (Wildman–Crippen LogP) is 1.53. The summed E-state index contributed by atoms with van der Waals surface area (Å²) in [5.74, 6) is -0.581. The zero-order chi connectivity index (χ0) is 21.9. The fourth-order valence-corrected chi connectivity index (χ4v) is 3.23. The van der Waals surface area contributed by atoms with E-state index in [1.165, 1.54) is 24.1 Å². The van der Waals surface area contributed by atoms with Gasteiger partial charge in [0.2, 0.25) is 11.8 Å². The van der Waals surface area contributed by atoms with E-state index in [0.717, 1.165) is 12.1 Å². The summed E-state index contributed by atoms with van der Waals surface area (Å²) < 4.78 is 45.2. The highest BCUT2D eigenvalue weighted by Gasteiger charge is 2.31. The van der Waals surface area contributed by atoms with E-state index in [9.17, 15) is 22.8 Å². The van der Waals surface area contributed by atoms with Crippen LogP contribution in [0.15, 0.2) is 30.5 Å². The quantitative estimate of drug-likeness (QED) is 0.786. The topological polar surface area (TPSA) is 79.7 Å². The molecule has 1 aromatic carbocycles. The third-order valence-corrected chi connectivity index (χ3v) is 4.80. The van der Waals surface area contributed by atoms with E-state index in [1.807, 2.05) is 0 Å². The number of amides is 2. The summed E-state index contributed by atoms with van der Waals surface area (Å²) in [6.07, 6.45) is -2.91. The number of rotatable bonds is 5. The second kappa shape index (κ2) is 8.64. The van der Waals surface area contributed by atoms with Crippen LogP contribution in [0.4, 0.5) is 18.9 Å². The van der Waals surface area contributed by atoms with Crippen molar-refractivity contribution in [1.29, 1.82) is 0 Å². The lowest BCUT2D eigenvalue weighted by atomic mass is 10.1. The van der Waals surface area contributed by atoms with Gasteiger partial charge in [-0.15, -0.1) is 5.10 Å². The number of aromatic nitrogens is 2. The minimum Gasteiger partial charge on any atom is -0.479 e. The molecule has 1 aliphatic rings. The molecule has 162 valence electrons. The first-order chi connectivity index (χ1) is 14.2.